The number of aromatic nitrogens is 4. The Morgan fingerprint density at radius 1 is 1.16 bits per heavy atom. The molecule has 0 saturated carbocycles. The number of halogens is 1. The molecular formula is C20H18ClN5O5S. The molecule has 32 heavy (non-hydrogen) atoms. The molecule has 4 aromatic rings. The fourth-order valence-corrected chi connectivity index (χ4v) is 4.53. The van der Waals surface area contributed by atoms with Crippen LogP contribution in [0.25, 0.3) is 16.7 Å². The molecular weight excluding hydrogens is 458 g/mol. The number of benzene rings is 2. The van der Waals surface area contributed by atoms with Gasteiger partial charge in [-0.3, -0.25) is 18.6 Å². The molecule has 10 nitrogen and oxygen atoms in total. The molecule has 2 heterocycles. The first-order chi connectivity index (χ1) is 15.2. The lowest BCUT2D eigenvalue weighted by atomic mass is 10.2. The first-order valence-corrected chi connectivity index (χ1v) is 11.3. The fraction of sp³-hybridized carbons (Fsp3) is 0.200. The molecule has 0 amide bonds. The van der Waals surface area contributed by atoms with Crippen molar-refractivity contribution in [3.8, 4) is 0 Å². The summed E-state index contributed by atoms with van der Waals surface area (Å²) < 4.78 is 35.4. The van der Waals surface area contributed by atoms with E-state index in [1.54, 1.807) is 35.7 Å². The van der Waals surface area contributed by atoms with Crippen LogP contribution in [0.1, 0.15) is 12.7 Å². The van der Waals surface area contributed by atoms with Crippen LogP contribution in [-0.2, 0) is 33.2 Å². The number of nitrogens with zero attached hydrogens (tertiary/aromatic N) is 4. The third-order valence-corrected chi connectivity index (χ3v) is 6.65. The van der Waals surface area contributed by atoms with E-state index in [1.807, 2.05) is 0 Å². The van der Waals surface area contributed by atoms with Gasteiger partial charge in [-0.1, -0.05) is 23.7 Å². The number of esters is 1. The molecule has 12 heteroatoms. The van der Waals surface area contributed by atoms with E-state index >= 15 is 0 Å². The smallest absolute Gasteiger partial charge is 0.324 e. The Morgan fingerprint density at radius 2 is 1.84 bits per heavy atom. The molecule has 1 atom stereocenters. The lowest BCUT2D eigenvalue weighted by Crippen LogP contribution is -2.39. The standard InChI is InChI=1S/C20H18ClN5O5S/c1-12(24-32(29,30)14-9-7-13(21)8-10-14)19(28)31-11-17-22-23-20-25(2)18(27)15-5-3-4-6-16(15)26(17)20/h3-10,12,24H,11H2,1-2H3. The lowest BCUT2D eigenvalue weighted by molar-refractivity contribution is -0.146. The minimum absolute atomic E-state index is 0.0302. The molecule has 0 fully saturated rings. The molecule has 0 radical (unpaired) electrons. The van der Waals surface area contributed by atoms with E-state index in [2.05, 4.69) is 14.9 Å². The van der Waals surface area contributed by atoms with Crippen molar-refractivity contribution < 1.29 is 17.9 Å². The number of nitrogens with one attached hydrogen (secondary N) is 1. The molecule has 4 rings (SSSR count). The van der Waals surface area contributed by atoms with Crippen molar-refractivity contribution in [1.82, 2.24) is 23.9 Å². The Bertz CT molecular complexity index is 1490. The van der Waals surface area contributed by atoms with Crippen LogP contribution < -0.4 is 10.3 Å². The quantitative estimate of drug-likeness (QED) is 0.420. The maximum absolute atomic E-state index is 12.5. The minimum atomic E-state index is -3.95. The van der Waals surface area contributed by atoms with Crippen LogP contribution in [-0.4, -0.2) is 39.6 Å². The number of carbonyl (C=O) groups is 1. The second-order valence-electron chi connectivity index (χ2n) is 7.04. The van der Waals surface area contributed by atoms with Gasteiger partial charge in [0.1, 0.15) is 6.04 Å². The summed E-state index contributed by atoms with van der Waals surface area (Å²) in [6.45, 7) is 1.10. The van der Waals surface area contributed by atoms with Gasteiger partial charge in [0, 0.05) is 12.1 Å². The number of carbonyl (C=O) groups excluding carboxylic acids is 1. The zero-order valence-electron chi connectivity index (χ0n) is 17.0. The Kier molecular flexibility index (Phi) is 5.71. The van der Waals surface area contributed by atoms with Crippen LogP contribution in [0.15, 0.2) is 58.2 Å². The number of rotatable bonds is 6. The first-order valence-electron chi connectivity index (χ1n) is 9.45. The summed E-state index contributed by atoms with van der Waals surface area (Å²) in [6.07, 6.45) is 0. The molecule has 166 valence electrons. The average Bonchev–Trinajstić information content (AvgIpc) is 3.20. The van der Waals surface area contributed by atoms with Gasteiger partial charge >= 0.3 is 5.97 Å². The fourth-order valence-electron chi connectivity index (χ4n) is 3.21. The van der Waals surface area contributed by atoms with E-state index in [1.165, 1.54) is 35.8 Å². The number of aryl methyl sites for hydroxylation is 1. The predicted octanol–water partition coefficient (Wildman–Crippen LogP) is 1.64. The number of fused-ring (bicyclic) bond motifs is 3. The molecule has 2 aromatic carbocycles. The lowest BCUT2D eigenvalue weighted by Gasteiger charge is -2.14. The summed E-state index contributed by atoms with van der Waals surface area (Å²) in [5.41, 5.74) is 0.340. The molecule has 0 aliphatic heterocycles. The van der Waals surface area contributed by atoms with Crippen molar-refractivity contribution in [3.05, 3.63) is 69.7 Å². The molecule has 0 spiro atoms. The molecule has 1 N–H and O–H groups in total. The number of para-hydroxylation sites is 1. The van der Waals surface area contributed by atoms with E-state index in [9.17, 15) is 18.0 Å². The Morgan fingerprint density at radius 3 is 2.56 bits per heavy atom. The molecule has 0 saturated heterocycles. The van der Waals surface area contributed by atoms with E-state index < -0.39 is 22.0 Å². The highest BCUT2D eigenvalue weighted by Crippen LogP contribution is 2.16. The van der Waals surface area contributed by atoms with Gasteiger partial charge in [-0.05, 0) is 43.3 Å². The summed E-state index contributed by atoms with van der Waals surface area (Å²) in [7, 11) is -2.38. The maximum atomic E-state index is 12.5. The van der Waals surface area contributed by atoms with Crippen molar-refractivity contribution in [2.75, 3.05) is 0 Å². The minimum Gasteiger partial charge on any atom is -0.456 e. The molecule has 1 unspecified atom stereocenters. The van der Waals surface area contributed by atoms with Crippen molar-refractivity contribution in [1.29, 1.82) is 0 Å². The summed E-state index contributed by atoms with van der Waals surface area (Å²) >= 11 is 5.78. The summed E-state index contributed by atoms with van der Waals surface area (Å²) in [4.78, 5) is 24.9. The van der Waals surface area contributed by atoms with Crippen molar-refractivity contribution in [3.63, 3.8) is 0 Å². The number of ether oxygens (including phenoxy) is 1. The van der Waals surface area contributed by atoms with Crippen molar-refractivity contribution in [2.24, 2.45) is 7.05 Å². The monoisotopic (exact) mass is 475 g/mol. The summed E-state index contributed by atoms with van der Waals surface area (Å²) in [5.74, 6) is -0.224. The Balaban J connectivity index is 1.54. The van der Waals surface area contributed by atoms with Crippen LogP contribution in [0.2, 0.25) is 5.02 Å². The van der Waals surface area contributed by atoms with Crippen molar-refractivity contribution >= 4 is 44.3 Å². The van der Waals surface area contributed by atoms with E-state index in [0.717, 1.165) is 0 Å². The molecule has 0 bridgehead atoms. The first kappa shape index (κ1) is 21.9. The van der Waals surface area contributed by atoms with Crippen LogP contribution in [0.4, 0.5) is 0 Å². The van der Waals surface area contributed by atoms with E-state index in [4.69, 9.17) is 16.3 Å². The van der Waals surface area contributed by atoms with Gasteiger partial charge < -0.3 is 4.74 Å². The molecule has 2 aromatic heterocycles. The normalized spacial score (nSPS) is 12.8. The summed E-state index contributed by atoms with van der Waals surface area (Å²) in [5, 5.41) is 8.90. The van der Waals surface area contributed by atoms with E-state index in [-0.39, 0.29) is 28.7 Å². The van der Waals surface area contributed by atoms with Gasteiger partial charge in [0.25, 0.3) is 5.56 Å². The topological polar surface area (TPSA) is 125 Å². The zero-order chi connectivity index (χ0) is 23.0. The highest BCUT2D eigenvalue weighted by Gasteiger charge is 2.24. The summed E-state index contributed by atoms with van der Waals surface area (Å²) in [6, 6.07) is 11.3. The second kappa shape index (κ2) is 8.34. The Hall–Kier alpha value is -3.28. The van der Waals surface area contributed by atoms with Crippen LogP contribution in [0, 0.1) is 0 Å². The van der Waals surface area contributed by atoms with Gasteiger partial charge in [-0.2, -0.15) is 4.72 Å². The van der Waals surface area contributed by atoms with Gasteiger partial charge in [-0.15, -0.1) is 10.2 Å². The maximum Gasteiger partial charge on any atom is 0.324 e. The van der Waals surface area contributed by atoms with Crippen LogP contribution in [0.3, 0.4) is 0 Å². The van der Waals surface area contributed by atoms with Crippen LogP contribution >= 0.6 is 11.6 Å². The number of sulfonamides is 1. The van der Waals surface area contributed by atoms with Gasteiger partial charge in [0.2, 0.25) is 15.8 Å². The van der Waals surface area contributed by atoms with E-state index in [0.29, 0.717) is 15.9 Å². The predicted molar refractivity (Wildman–Crippen MR) is 117 cm³/mol. The number of hydrogen-bond acceptors (Lipinski definition) is 7. The second-order valence-corrected chi connectivity index (χ2v) is 9.19. The highest BCUT2D eigenvalue weighted by atomic mass is 35.5. The average molecular weight is 476 g/mol. The Labute approximate surface area is 187 Å². The molecule has 0 aliphatic rings. The largest absolute Gasteiger partial charge is 0.456 e. The zero-order valence-corrected chi connectivity index (χ0v) is 18.6. The number of hydrogen-bond donors (Lipinski definition) is 1. The third-order valence-electron chi connectivity index (χ3n) is 4.85. The SMILES string of the molecule is CC(NS(=O)(=O)c1ccc(Cl)cc1)C(=O)OCc1nnc2n(C)c(=O)c3ccccc3n12. The van der Waals surface area contributed by atoms with Crippen LogP contribution in [0.5, 0.6) is 0 Å². The van der Waals surface area contributed by atoms with Crippen molar-refractivity contribution in [2.45, 2.75) is 24.5 Å². The molecule has 0 aliphatic carbocycles. The van der Waals surface area contributed by atoms with Gasteiger partial charge in [-0.25, -0.2) is 8.42 Å². The highest BCUT2D eigenvalue weighted by molar-refractivity contribution is 7.89. The van der Waals surface area contributed by atoms with Gasteiger partial charge in [0.05, 0.1) is 15.8 Å². The third kappa shape index (κ3) is 3.97. The van der Waals surface area contributed by atoms with Gasteiger partial charge in [0.15, 0.2) is 12.4 Å².